The first-order chi connectivity index (χ1) is 8.88. The Labute approximate surface area is 119 Å². The van der Waals surface area contributed by atoms with Crippen LogP contribution in [0.1, 0.15) is 6.42 Å². The first-order valence-electron chi connectivity index (χ1n) is 6.09. The second-order valence-electron chi connectivity index (χ2n) is 4.82. The zero-order valence-electron chi connectivity index (χ0n) is 11.0. The summed E-state index contributed by atoms with van der Waals surface area (Å²) in [5.74, 6) is 0. The molecule has 2 rings (SSSR count). The van der Waals surface area contributed by atoms with Crippen molar-refractivity contribution in [3.63, 3.8) is 0 Å². The molecule has 0 aliphatic carbocycles. The summed E-state index contributed by atoms with van der Waals surface area (Å²) >= 11 is 5.96. The third-order valence-electron chi connectivity index (χ3n) is 3.16. The van der Waals surface area contributed by atoms with Gasteiger partial charge >= 0.3 is 0 Å². The number of anilines is 1. The van der Waals surface area contributed by atoms with Gasteiger partial charge in [-0.1, -0.05) is 17.7 Å². The molecule has 5 nitrogen and oxygen atoms in total. The second-order valence-corrected chi connectivity index (χ2v) is 7.17. The van der Waals surface area contributed by atoms with Crippen molar-refractivity contribution in [1.29, 1.82) is 0 Å². The van der Waals surface area contributed by atoms with Crippen molar-refractivity contribution in [3.05, 3.63) is 29.3 Å². The summed E-state index contributed by atoms with van der Waals surface area (Å²) in [6, 6.07) is 7.54. The monoisotopic (exact) mass is 303 g/mol. The molecule has 1 fully saturated rings. The van der Waals surface area contributed by atoms with Gasteiger partial charge in [0.15, 0.2) is 0 Å². The lowest BCUT2D eigenvalue weighted by molar-refractivity contribution is 0.492. The molecule has 19 heavy (non-hydrogen) atoms. The van der Waals surface area contributed by atoms with Gasteiger partial charge in [0.25, 0.3) is 10.2 Å². The first kappa shape index (κ1) is 14.6. The fraction of sp³-hybridized carbons (Fsp3) is 0.500. The summed E-state index contributed by atoms with van der Waals surface area (Å²) in [7, 11) is -0.325. The van der Waals surface area contributed by atoms with Gasteiger partial charge in [0.05, 0.1) is 0 Å². The molecular weight excluding hydrogens is 286 g/mol. The highest BCUT2D eigenvalue weighted by Crippen LogP contribution is 2.23. The Morgan fingerprint density at radius 2 is 2.16 bits per heavy atom. The van der Waals surface area contributed by atoms with Crippen molar-refractivity contribution < 1.29 is 8.42 Å². The first-order valence-corrected chi connectivity index (χ1v) is 7.90. The van der Waals surface area contributed by atoms with Gasteiger partial charge in [-0.25, -0.2) is 0 Å². The molecule has 1 saturated heterocycles. The Morgan fingerprint density at radius 3 is 2.79 bits per heavy atom. The van der Waals surface area contributed by atoms with Crippen molar-refractivity contribution in [1.82, 2.24) is 9.03 Å². The van der Waals surface area contributed by atoms with Crippen LogP contribution in [0, 0.1) is 0 Å². The predicted molar refractivity (Wildman–Crippen MR) is 77.8 cm³/mol. The molecule has 0 spiro atoms. The summed E-state index contributed by atoms with van der Waals surface area (Å²) in [4.78, 5) is 2.13. The molecule has 1 N–H and O–H groups in total. The van der Waals surface area contributed by atoms with Crippen molar-refractivity contribution in [3.8, 4) is 0 Å². The standard InChI is InChI=1S/C12H18ClN3O2S/c1-15(2)19(17,18)14-11-6-7-16(9-11)12-5-3-4-10(13)8-12/h3-5,8,11,14H,6-7,9H2,1-2H3/t11-/m1/s1. The van der Waals surface area contributed by atoms with Crippen LogP contribution in [0.25, 0.3) is 0 Å². The van der Waals surface area contributed by atoms with Gasteiger partial charge in [0, 0.05) is 43.9 Å². The number of halogens is 1. The Kier molecular flexibility index (Phi) is 4.35. The van der Waals surface area contributed by atoms with Crippen LogP contribution in [0.15, 0.2) is 24.3 Å². The van der Waals surface area contributed by atoms with Gasteiger partial charge in [-0.05, 0) is 24.6 Å². The highest BCUT2D eigenvalue weighted by atomic mass is 35.5. The van der Waals surface area contributed by atoms with E-state index < -0.39 is 10.2 Å². The molecule has 0 unspecified atom stereocenters. The lowest BCUT2D eigenvalue weighted by atomic mass is 10.3. The van der Waals surface area contributed by atoms with E-state index in [0.29, 0.717) is 11.6 Å². The molecule has 0 bridgehead atoms. The number of hydrogen-bond donors (Lipinski definition) is 1. The zero-order valence-corrected chi connectivity index (χ0v) is 12.6. The van der Waals surface area contributed by atoms with Crippen LogP contribution in [-0.2, 0) is 10.2 Å². The van der Waals surface area contributed by atoms with Gasteiger partial charge in [0.1, 0.15) is 0 Å². The largest absolute Gasteiger partial charge is 0.370 e. The van der Waals surface area contributed by atoms with Crippen molar-refractivity contribution >= 4 is 27.5 Å². The van der Waals surface area contributed by atoms with Gasteiger partial charge < -0.3 is 4.90 Å². The Balaban J connectivity index is 2.01. The fourth-order valence-electron chi connectivity index (χ4n) is 2.08. The molecule has 1 aliphatic rings. The fourth-order valence-corrected chi connectivity index (χ4v) is 3.09. The average molecular weight is 304 g/mol. The Morgan fingerprint density at radius 1 is 1.42 bits per heavy atom. The second kappa shape index (κ2) is 5.66. The summed E-state index contributed by atoms with van der Waals surface area (Å²) < 4.78 is 27.4. The number of nitrogens with zero attached hydrogens (tertiary/aromatic N) is 2. The van der Waals surface area contributed by atoms with Crippen molar-refractivity contribution in [2.24, 2.45) is 0 Å². The molecule has 1 aromatic carbocycles. The van der Waals surface area contributed by atoms with E-state index in [2.05, 4.69) is 9.62 Å². The van der Waals surface area contributed by atoms with E-state index in [0.717, 1.165) is 18.7 Å². The van der Waals surface area contributed by atoms with Gasteiger partial charge in [0.2, 0.25) is 0 Å². The summed E-state index contributed by atoms with van der Waals surface area (Å²) in [5.41, 5.74) is 1.03. The molecule has 1 aromatic rings. The molecule has 0 saturated carbocycles. The Bertz CT molecular complexity index is 548. The summed E-state index contributed by atoms with van der Waals surface area (Å²) in [6.07, 6.45) is 0.791. The number of nitrogens with one attached hydrogen (secondary N) is 1. The minimum atomic E-state index is -3.36. The third kappa shape index (κ3) is 3.60. The maximum atomic E-state index is 11.8. The minimum Gasteiger partial charge on any atom is -0.370 e. The molecule has 106 valence electrons. The molecule has 7 heteroatoms. The topological polar surface area (TPSA) is 52.7 Å². The lowest BCUT2D eigenvalue weighted by Crippen LogP contribution is -2.43. The number of benzene rings is 1. The quantitative estimate of drug-likeness (QED) is 0.912. The maximum absolute atomic E-state index is 11.8. The van der Waals surface area contributed by atoms with Crippen molar-refractivity contribution in [2.45, 2.75) is 12.5 Å². The summed E-state index contributed by atoms with van der Waals surface area (Å²) in [5, 5.41) is 0.690. The highest BCUT2D eigenvalue weighted by molar-refractivity contribution is 7.87. The molecule has 0 amide bonds. The van der Waals surface area contributed by atoms with E-state index >= 15 is 0 Å². The van der Waals surface area contributed by atoms with Gasteiger partial charge in [-0.15, -0.1) is 0 Å². The van der Waals surface area contributed by atoms with Crippen LogP contribution in [-0.4, -0.2) is 45.9 Å². The van der Waals surface area contributed by atoms with Crippen LogP contribution >= 0.6 is 11.6 Å². The van der Waals surface area contributed by atoms with Crippen LogP contribution in [0.4, 0.5) is 5.69 Å². The molecule has 1 aliphatic heterocycles. The molecule has 0 aromatic heterocycles. The lowest BCUT2D eigenvalue weighted by Gasteiger charge is -2.20. The highest BCUT2D eigenvalue weighted by Gasteiger charge is 2.27. The van der Waals surface area contributed by atoms with Crippen LogP contribution in [0.3, 0.4) is 0 Å². The van der Waals surface area contributed by atoms with Crippen molar-refractivity contribution in [2.75, 3.05) is 32.1 Å². The van der Waals surface area contributed by atoms with E-state index in [9.17, 15) is 8.42 Å². The Hall–Kier alpha value is -0.820. The van der Waals surface area contributed by atoms with E-state index in [-0.39, 0.29) is 6.04 Å². The normalized spacial score (nSPS) is 20.2. The number of rotatable bonds is 4. The van der Waals surface area contributed by atoms with Crippen LogP contribution in [0.5, 0.6) is 0 Å². The predicted octanol–water partition coefficient (Wildman–Crippen LogP) is 1.31. The summed E-state index contributed by atoms with van der Waals surface area (Å²) in [6.45, 7) is 1.48. The van der Waals surface area contributed by atoms with E-state index in [4.69, 9.17) is 11.6 Å². The van der Waals surface area contributed by atoms with E-state index in [1.807, 2.05) is 24.3 Å². The smallest absolute Gasteiger partial charge is 0.279 e. The maximum Gasteiger partial charge on any atom is 0.279 e. The van der Waals surface area contributed by atoms with Gasteiger partial charge in [-0.2, -0.15) is 17.4 Å². The third-order valence-corrected chi connectivity index (χ3v) is 4.99. The number of hydrogen-bond acceptors (Lipinski definition) is 3. The zero-order chi connectivity index (χ0) is 14.0. The SMILES string of the molecule is CN(C)S(=O)(=O)N[C@@H]1CCN(c2cccc(Cl)c2)C1. The molecular formula is C12H18ClN3O2S. The minimum absolute atomic E-state index is 0.0635. The van der Waals surface area contributed by atoms with Crippen LogP contribution < -0.4 is 9.62 Å². The van der Waals surface area contributed by atoms with Crippen LogP contribution in [0.2, 0.25) is 5.02 Å². The van der Waals surface area contributed by atoms with E-state index in [1.54, 1.807) is 0 Å². The molecule has 0 radical (unpaired) electrons. The van der Waals surface area contributed by atoms with Gasteiger partial charge in [-0.3, -0.25) is 0 Å². The molecule has 1 atom stereocenters. The average Bonchev–Trinajstić information content (AvgIpc) is 2.76. The van der Waals surface area contributed by atoms with E-state index in [1.165, 1.54) is 18.4 Å². The molecule has 1 heterocycles.